The molecular formula is C21H21NO6S. The average molecular weight is 415 g/mol. The number of thioether (sulfide) groups is 1. The van der Waals surface area contributed by atoms with E-state index >= 15 is 0 Å². The van der Waals surface area contributed by atoms with E-state index in [0.29, 0.717) is 0 Å². The second kappa shape index (κ2) is 8.77. The number of carbonyl (C=O) groups excluding carboxylic acids is 1. The SMILES string of the molecule is C=C[C@@H](OC(=O)c1ccc([N+](=O)[O-])cc1)[C@H]1OC(C)(C)O[C@@H]1Sc1ccccc1. The molecule has 3 rings (SSSR count). The lowest BCUT2D eigenvalue weighted by atomic mass is 10.2. The van der Waals surface area contributed by atoms with Gasteiger partial charge in [0.2, 0.25) is 0 Å². The molecule has 0 unspecified atom stereocenters. The lowest BCUT2D eigenvalue weighted by molar-refractivity contribution is -0.384. The summed E-state index contributed by atoms with van der Waals surface area (Å²) in [7, 11) is 0. The fourth-order valence-corrected chi connectivity index (χ4v) is 4.07. The number of ether oxygens (including phenoxy) is 3. The summed E-state index contributed by atoms with van der Waals surface area (Å²) < 4.78 is 17.6. The molecule has 0 bridgehead atoms. The monoisotopic (exact) mass is 415 g/mol. The van der Waals surface area contributed by atoms with Gasteiger partial charge in [0, 0.05) is 17.0 Å². The standard InChI is InChI=1S/C21H21NO6S/c1-4-17(26-19(23)14-10-12-15(13-11-14)22(24)25)18-20(28-21(2,3)27-18)29-16-8-6-5-7-9-16/h4-13,17-18,20H,1H2,2-3H3/t17-,18-,20-/m1/s1. The number of hydrogen-bond acceptors (Lipinski definition) is 7. The van der Waals surface area contributed by atoms with Crippen molar-refractivity contribution in [1.82, 2.24) is 0 Å². The van der Waals surface area contributed by atoms with Crippen molar-refractivity contribution in [3.8, 4) is 0 Å². The Morgan fingerprint density at radius 3 is 2.45 bits per heavy atom. The van der Waals surface area contributed by atoms with Crippen LogP contribution in [0.1, 0.15) is 24.2 Å². The maximum atomic E-state index is 12.5. The lowest BCUT2D eigenvalue weighted by Gasteiger charge is -2.24. The zero-order valence-corrected chi connectivity index (χ0v) is 16.8. The van der Waals surface area contributed by atoms with Crippen LogP contribution in [-0.4, -0.2) is 34.3 Å². The number of nitro benzene ring substituents is 1. The van der Waals surface area contributed by atoms with E-state index in [-0.39, 0.29) is 11.3 Å². The van der Waals surface area contributed by atoms with Crippen molar-refractivity contribution < 1.29 is 23.9 Å². The minimum Gasteiger partial charge on any atom is -0.452 e. The first kappa shape index (κ1) is 21.0. The summed E-state index contributed by atoms with van der Waals surface area (Å²) >= 11 is 1.47. The zero-order chi connectivity index (χ0) is 21.0. The van der Waals surface area contributed by atoms with Crippen molar-refractivity contribution in [2.75, 3.05) is 0 Å². The normalized spacial score (nSPS) is 21.3. The number of nitrogens with zero attached hydrogens (tertiary/aromatic N) is 1. The number of benzene rings is 2. The first-order valence-electron chi connectivity index (χ1n) is 8.94. The molecule has 0 spiro atoms. The lowest BCUT2D eigenvalue weighted by Crippen LogP contribution is -2.36. The van der Waals surface area contributed by atoms with Crippen LogP contribution in [0.25, 0.3) is 0 Å². The zero-order valence-electron chi connectivity index (χ0n) is 16.0. The maximum Gasteiger partial charge on any atom is 0.338 e. The molecule has 2 aromatic rings. The number of carbonyl (C=O) groups is 1. The smallest absolute Gasteiger partial charge is 0.338 e. The summed E-state index contributed by atoms with van der Waals surface area (Å²) in [4.78, 5) is 23.8. The van der Waals surface area contributed by atoms with Crippen LogP contribution < -0.4 is 0 Å². The third-order valence-electron chi connectivity index (χ3n) is 4.20. The van der Waals surface area contributed by atoms with Crippen molar-refractivity contribution in [3.05, 3.63) is 82.9 Å². The average Bonchev–Trinajstić information content (AvgIpc) is 3.00. The molecule has 8 heteroatoms. The number of non-ortho nitro benzene ring substituents is 1. The van der Waals surface area contributed by atoms with Crippen molar-refractivity contribution in [3.63, 3.8) is 0 Å². The summed E-state index contributed by atoms with van der Waals surface area (Å²) in [5, 5.41) is 10.8. The van der Waals surface area contributed by atoms with E-state index < -0.39 is 34.3 Å². The molecular weight excluding hydrogens is 394 g/mol. The topological polar surface area (TPSA) is 87.9 Å². The molecule has 0 saturated carbocycles. The van der Waals surface area contributed by atoms with E-state index in [0.717, 1.165) is 4.90 Å². The largest absolute Gasteiger partial charge is 0.452 e. The van der Waals surface area contributed by atoms with Crippen molar-refractivity contribution in [2.24, 2.45) is 0 Å². The molecule has 7 nitrogen and oxygen atoms in total. The predicted molar refractivity (Wildman–Crippen MR) is 109 cm³/mol. The summed E-state index contributed by atoms with van der Waals surface area (Å²) in [6, 6.07) is 14.9. The van der Waals surface area contributed by atoms with Crippen LogP contribution in [0.3, 0.4) is 0 Å². The summed E-state index contributed by atoms with van der Waals surface area (Å²) in [6.45, 7) is 7.36. The number of hydrogen-bond donors (Lipinski definition) is 0. The Labute approximate surface area is 172 Å². The van der Waals surface area contributed by atoms with E-state index in [2.05, 4.69) is 6.58 Å². The van der Waals surface area contributed by atoms with E-state index in [9.17, 15) is 14.9 Å². The van der Waals surface area contributed by atoms with Gasteiger partial charge in [0.25, 0.3) is 5.69 Å². The molecule has 1 heterocycles. The quantitative estimate of drug-likeness (QED) is 0.283. The summed E-state index contributed by atoms with van der Waals surface area (Å²) in [5.74, 6) is -1.47. The van der Waals surface area contributed by atoms with E-state index in [4.69, 9.17) is 14.2 Å². The van der Waals surface area contributed by atoms with Gasteiger partial charge in [-0.05, 0) is 44.2 Å². The third-order valence-corrected chi connectivity index (χ3v) is 5.34. The molecule has 0 aromatic heterocycles. The van der Waals surface area contributed by atoms with Crippen LogP contribution in [0.5, 0.6) is 0 Å². The molecule has 152 valence electrons. The van der Waals surface area contributed by atoms with E-state index in [1.807, 2.05) is 30.3 Å². The molecule has 1 aliphatic rings. The van der Waals surface area contributed by atoms with Crippen molar-refractivity contribution in [2.45, 2.75) is 42.2 Å². The number of nitro groups is 1. The first-order chi connectivity index (χ1) is 13.8. The Bertz CT molecular complexity index is 884. The van der Waals surface area contributed by atoms with Gasteiger partial charge in [-0.3, -0.25) is 10.1 Å². The van der Waals surface area contributed by atoms with Gasteiger partial charge in [-0.25, -0.2) is 4.79 Å². The third kappa shape index (κ3) is 5.23. The minimum absolute atomic E-state index is 0.101. The second-order valence-corrected chi connectivity index (χ2v) is 7.98. The highest BCUT2D eigenvalue weighted by Crippen LogP contribution is 2.40. The highest BCUT2D eigenvalue weighted by Gasteiger charge is 2.46. The number of rotatable bonds is 7. The molecule has 0 N–H and O–H groups in total. The highest BCUT2D eigenvalue weighted by atomic mass is 32.2. The Morgan fingerprint density at radius 1 is 1.21 bits per heavy atom. The molecule has 1 saturated heterocycles. The van der Waals surface area contributed by atoms with Gasteiger partial charge in [0.05, 0.1) is 10.5 Å². The van der Waals surface area contributed by atoms with Crippen molar-refractivity contribution in [1.29, 1.82) is 0 Å². The van der Waals surface area contributed by atoms with Crippen LogP contribution in [-0.2, 0) is 14.2 Å². The summed E-state index contributed by atoms with van der Waals surface area (Å²) in [5.41, 5.74) is -0.316. The van der Waals surface area contributed by atoms with E-state index in [1.165, 1.54) is 42.1 Å². The van der Waals surface area contributed by atoms with Gasteiger partial charge in [-0.1, -0.05) is 36.5 Å². The fourth-order valence-electron chi connectivity index (χ4n) is 2.86. The Balaban J connectivity index is 1.74. The Morgan fingerprint density at radius 2 is 1.86 bits per heavy atom. The number of esters is 1. The van der Waals surface area contributed by atoms with Gasteiger partial charge < -0.3 is 14.2 Å². The second-order valence-electron chi connectivity index (χ2n) is 6.81. The summed E-state index contributed by atoms with van der Waals surface area (Å²) in [6.07, 6.45) is 0.160. The minimum atomic E-state index is -0.849. The molecule has 1 aliphatic heterocycles. The van der Waals surface area contributed by atoms with Gasteiger partial charge in [0.15, 0.2) is 5.79 Å². The van der Waals surface area contributed by atoms with Gasteiger partial charge in [0.1, 0.15) is 17.6 Å². The predicted octanol–water partition coefficient (Wildman–Crippen LogP) is 4.58. The Kier molecular flexibility index (Phi) is 6.36. The molecule has 1 fully saturated rings. The maximum absolute atomic E-state index is 12.5. The fraction of sp³-hybridized carbons (Fsp3) is 0.286. The van der Waals surface area contributed by atoms with E-state index in [1.54, 1.807) is 13.8 Å². The van der Waals surface area contributed by atoms with Gasteiger partial charge >= 0.3 is 5.97 Å². The molecule has 0 amide bonds. The van der Waals surface area contributed by atoms with Crippen LogP contribution in [0, 0.1) is 10.1 Å². The molecule has 29 heavy (non-hydrogen) atoms. The van der Waals surface area contributed by atoms with Crippen molar-refractivity contribution >= 4 is 23.4 Å². The molecule has 3 atom stereocenters. The van der Waals surface area contributed by atoms with Gasteiger partial charge in [-0.2, -0.15) is 0 Å². The van der Waals surface area contributed by atoms with Crippen LogP contribution in [0.15, 0.2) is 72.1 Å². The van der Waals surface area contributed by atoms with Crippen LogP contribution >= 0.6 is 11.8 Å². The van der Waals surface area contributed by atoms with Crippen LogP contribution in [0.2, 0.25) is 0 Å². The van der Waals surface area contributed by atoms with Gasteiger partial charge in [-0.15, -0.1) is 0 Å². The van der Waals surface area contributed by atoms with Crippen LogP contribution in [0.4, 0.5) is 5.69 Å². The highest BCUT2D eigenvalue weighted by molar-refractivity contribution is 7.99. The molecule has 2 aromatic carbocycles. The first-order valence-corrected chi connectivity index (χ1v) is 9.82. The molecule has 0 radical (unpaired) electrons. The Hall–Kier alpha value is -2.68. The molecule has 0 aliphatic carbocycles.